The van der Waals surface area contributed by atoms with E-state index in [0.29, 0.717) is 0 Å². The summed E-state index contributed by atoms with van der Waals surface area (Å²) >= 11 is 0. The Hall–Kier alpha value is -1.49. The molecular formula is C11H14F2N2O. The summed E-state index contributed by atoms with van der Waals surface area (Å²) in [6.07, 6.45) is 0.164. The van der Waals surface area contributed by atoms with Crippen LogP contribution in [0.3, 0.4) is 0 Å². The van der Waals surface area contributed by atoms with Crippen molar-refractivity contribution in [2.24, 2.45) is 5.73 Å². The van der Waals surface area contributed by atoms with Crippen LogP contribution in [0.5, 0.6) is 0 Å². The minimum atomic E-state index is -0.539. The van der Waals surface area contributed by atoms with E-state index in [2.05, 4.69) is 5.32 Å². The number of halogens is 2. The molecule has 1 aromatic rings. The first-order chi connectivity index (χ1) is 7.49. The Labute approximate surface area is 92.6 Å². The van der Waals surface area contributed by atoms with Crippen molar-refractivity contribution in [2.45, 2.75) is 25.9 Å². The Bertz CT molecular complexity index is 380. The summed E-state index contributed by atoms with van der Waals surface area (Å²) in [4.78, 5) is 11.2. The molecule has 3 nitrogen and oxygen atoms in total. The van der Waals surface area contributed by atoms with E-state index in [1.54, 1.807) is 6.92 Å². The molecule has 1 aromatic carbocycles. The molecule has 0 spiro atoms. The highest BCUT2D eigenvalue weighted by Crippen LogP contribution is 2.09. The molecule has 0 aromatic heterocycles. The van der Waals surface area contributed by atoms with E-state index in [9.17, 15) is 13.6 Å². The van der Waals surface area contributed by atoms with Gasteiger partial charge in [0.1, 0.15) is 11.6 Å². The number of nitrogens with one attached hydrogen (secondary N) is 1. The normalized spacial score (nSPS) is 12.2. The molecular weight excluding hydrogens is 214 g/mol. The maximum absolute atomic E-state index is 13.1. The predicted molar refractivity (Wildman–Crippen MR) is 56.5 cm³/mol. The minimum absolute atomic E-state index is 0.0326. The Balaban J connectivity index is 2.54. The molecule has 0 saturated heterocycles. The van der Waals surface area contributed by atoms with Crippen LogP contribution >= 0.6 is 0 Å². The molecule has 0 saturated carbocycles. The van der Waals surface area contributed by atoms with E-state index >= 15 is 0 Å². The van der Waals surface area contributed by atoms with Crippen molar-refractivity contribution in [2.75, 3.05) is 0 Å². The molecule has 0 heterocycles. The molecule has 16 heavy (non-hydrogen) atoms. The van der Waals surface area contributed by atoms with Crippen LogP contribution in [0.25, 0.3) is 0 Å². The topological polar surface area (TPSA) is 55.1 Å². The summed E-state index contributed by atoms with van der Waals surface area (Å²) in [5, 5.41) is 2.47. The van der Waals surface area contributed by atoms with Gasteiger partial charge in [0, 0.05) is 24.6 Å². The number of amides is 1. The van der Waals surface area contributed by atoms with Gasteiger partial charge in [-0.25, -0.2) is 8.78 Å². The predicted octanol–water partition coefficient (Wildman–Crippen LogP) is 1.32. The quantitative estimate of drug-likeness (QED) is 0.816. The fraction of sp³-hybridized carbons (Fsp3) is 0.364. The van der Waals surface area contributed by atoms with Gasteiger partial charge >= 0.3 is 0 Å². The van der Waals surface area contributed by atoms with Gasteiger partial charge in [0.25, 0.3) is 0 Å². The van der Waals surface area contributed by atoms with Crippen LogP contribution in [0.1, 0.15) is 18.9 Å². The largest absolute Gasteiger partial charge is 0.352 e. The Morgan fingerprint density at radius 2 is 2.19 bits per heavy atom. The number of benzene rings is 1. The fourth-order valence-electron chi connectivity index (χ4n) is 1.24. The van der Waals surface area contributed by atoms with Gasteiger partial charge in [-0.2, -0.15) is 0 Å². The SMILES string of the molecule is CC(N)CC(=O)NCc1cc(F)ccc1F. The smallest absolute Gasteiger partial charge is 0.221 e. The van der Waals surface area contributed by atoms with Gasteiger partial charge in [0.05, 0.1) is 0 Å². The molecule has 0 bridgehead atoms. The Kier molecular flexibility index (Phi) is 4.37. The summed E-state index contributed by atoms with van der Waals surface area (Å²) in [6, 6.07) is 2.87. The van der Waals surface area contributed by atoms with E-state index in [4.69, 9.17) is 5.73 Å². The standard InChI is InChI=1S/C11H14F2N2O/c1-7(14)4-11(16)15-6-8-5-9(12)2-3-10(8)13/h2-3,5,7H,4,6,14H2,1H3,(H,15,16). The second kappa shape index (κ2) is 5.55. The van der Waals surface area contributed by atoms with Crippen molar-refractivity contribution in [3.05, 3.63) is 35.4 Å². The summed E-state index contributed by atoms with van der Waals surface area (Å²) in [7, 11) is 0. The van der Waals surface area contributed by atoms with E-state index in [-0.39, 0.29) is 30.5 Å². The van der Waals surface area contributed by atoms with Crippen LogP contribution < -0.4 is 11.1 Å². The van der Waals surface area contributed by atoms with Crippen LogP contribution in [0.15, 0.2) is 18.2 Å². The Morgan fingerprint density at radius 3 is 2.81 bits per heavy atom. The molecule has 1 unspecified atom stereocenters. The first kappa shape index (κ1) is 12.6. The van der Waals surface area contributed by atoms with Crippen molar-refractivity contribution in [3.8, 4) is 0 Å². The summed E-state index contributed by atoms with van der Waals surface area (Å²) < 4.78 is 25.9. The maximum atomic E-state index is 13.1. The van der Waals surface area contributed by atoms with Crippen molar-refractivity contribution in [3.63, 3.8) is 0 Å². The average molecular weight is 228 g/mol. The van der Waals surface area contributed by atoms with E-state index in [1.807, 2.05) is 0 Å². The third-order valence-electron chi connectivity index (χ3n) is 1.99. The number of carbonyl (C=O) groups excluding carboxylic acids is 1. The summed E-state index contributed by atoms with van der Waals surface area (Å²) in [5.41, 5.74) is 5.54. The molecule has 1 amide bonds. The average Bonchev–Trinajstić information content (AvgIpc) is 2.18. The molecule has 0 aliphatic carbocycles. The molecule has 0 fully saturated rings. The zero-order valence-electron chi connectivity index (χ0n) is 8.97. The van der Waals surface area contributed by atoms with Gasteiger partial charge in [-0.3, -0.25) is 4.79 Å². The lowest BCUT2D eigenvalue weighted by Gasteiger charge is -2.08. The highest BCUT2D eigenvalue weighted by molar-refractivity contribution is 5.76. The summed E-state index contributed by atoms with van der Waals surface area (Å²) in [6.45, 7) is 1.66. The fourth-order valence-corrected chi connectivity index (χ4v) is 1.24. The number of hydrogen-bond acceptors (Lipinski definition) is 2. The van der Waals surface area contributed by atoms with Crippen molar-refractivity contribution < 1.29 is 13.6 Å². The lowest BCUT2D eigenvalue weighted by Crippen LogP contribution is -2.29. The molecule has 3 N–H and O–H groups in total. The first-order valence-corrected chi connectivity index (χ1v) is 4.95. The van der Waals surface area contributed by atoms with Gasteiger partial charge in [-0.05, 0) is 25.1 Å². The first-order valence-electron chi connectivity index (χ1n) is 4.95. The zero-order chi connectivity index (χ0) is 12.1. The third kappa shape index (κ3) is 3.94. The maximum Gasteiger partial charge on any atom is 0.221 e. The molecule has 0 radical (unpaired) electrons. The van der Waals surface area contributed by atoms with Crippen LogP contribution in [-0.4, -0.2) is 11.9 Å². The number of nitrogens with two attached hydrogens (primary N) is 1. The highest BCUT2D eigenvalue weighted by Gasteiger charge is 2.07. The minimum Gasteiger partial charge on any atom is -0.352 e. The number of hydrogen-bond donors (Lipinski definition) is 2. The lowest BCUT2D eigenvalue weighted by atomic mass is 10.2. The molecule has 0 aliphatic heterocycles. The van der Waals surface area contributed by atoms with Crippen LogP contribution in [0.2, 0.25) is 0 Å². The molecule has 5 heteroatoms. The van der Waals surface area contributed by atoms with E-state index in [1.165, 1.54) is 0 Å². The van der Waals surface area contributed by atoms with Crippen LogP contribution in [-0.2, 0) is 11.3 Å². The second-order valence-corrected chi connectivity index (χ2v) is 3.69. The van der Waals surface area contributed by atoms with Gasteiger partial charge in [0.2, 0.25) is 5.91 Å². The van der Waals surface area contributed by atoms with Crippen LogP contribution in [0.4, 0.5) is 8.78 Å². The van der Waals surface area contributed by atoms with E-state index in [0.717, 1.165) is 18.2 Å². The number of carbonyl (C=O) groups is 1. The van der Waals surface area contributed by atoms with Gasteiger partial charge in [-0.1, -0.05) is 0 Å². The number of rotatable bonds is 4. The molecule has 88 valence electrons. The monoisotopic (exact) mass is 228 g/mol. The van der Waals surface area contributed by atoms with E-state index < -0.39 is 11.6 Å². The highest BCUT2D eigenvalue weighted by atomic mass is 19.1. The molecule has 1 rings (SSSR count). The van der Waals surface area contributed by atoms with Gasteiger partial charge in [-0.15, -0.1) is 0 Å². The Morgan fingerprint density at radius 1 is 1.50 bits per heavy atom. The van der Waals surface area contributed by atoms with Gasteiger partial charge < -0.3 is 11.1 Å². The van der Waals surface area contributed by atoms with Crippen LogP contribution in [0, 0.1) is 11.6 Å². The third-order valence-corrected chi connectivity index (χ3v) is 1.99. The van der Waals surface area contributed by atoms with Crippen molar-refractivity contribution in [1.29, 1.82) is 0 Å². The van der Waals surface area contributed by atoms with Crippen molar-refractivity contribution in [1.82, 2.24) is 5.32 Å². The molecule has 0 aliphatic rings. The summed E-state index contributed by atoms with van der Waals surface area (Å²) in [5.74, 6) is -1.35. The molecule has 1 atom stereocenters. The zero-order valence-corrected chi connectivity index (χ0v) is 8.97. The van der Waals surface area contributed by atoms with Crippen molar-refractivity contribution >= 4 is 5.91 Å². The second-order valence-electron chi connectivity index (χ2n) is 3.69. The van der Waals surface area contributed by atoms with Gasteiger partial charge in [0.15, 0.2) is 0 Å². The lowest BCUT2D eigenvalue weighted by molar-refractivity contribution is -0.121.